The third-order valence-corrected chi connectivity index (χ3v) is 13.2. The fourth-order valence-corrected chi connectivity index (χ4v) is 10.8. The Labute approximate surface area is 208 Å². The Morgan fingerprint density at radius 2 is 1.59 bits per heavy atom. The number of hydrogen-bond acceptors (Lipinski definition) is 3. The van der Waals surface area contributed by atoms with Crippen LogP contribution >= 0.6 is 0 Å². The predicted molar refractivity (Wildman–Crippen MR) is 137 cm³/mol. The van der Waals surface area contributed by atoms with Crippen LogP contribution in [0.3, 0.4) is 0 Å². The van der Waals surface area contributed by atoms with Crippen molar-refractivity contribution in [1.82, 2.24) is 0 Å². The molecule has 3 nitrogen and oxygen atoms in total. The molecule has 0 aromatic heterocycles. The maximum atomic E-state index is 13.3. The van der Waals surface area contributed by atoms with Gasteiger partial charge in [-0.05, 0) is 109 Å². The summed E-state index contributed by atoms with van der Waals surface area (Å²) in [5.41, 5.74) is 2.18. The number of fused-ring (bicyclic) bond motifs is 7. The van der Waals surface area contributed by atoms with E-state index in [2.05, 4.69) is 54.5 Å². The molecule has 0 unspecified atom stereocenters. The molecule has 1 N–H and O–H groups in total. The number of carbonyl (C=O) groups is 1. The largest absolute Gasteiger partial charge is 0.469 e. The summed E-state index contributed by atoms with van der Waals surface area (Å²) in [6.07, 6.45) is 13.4. The van der Waals surface area contributed by atoms with E-state index in [1.165, 1.54) is 12.8 Å². The Kier molecular flexibility index (Phi) is 5.38. The van der Waals surface area contributed by atoms with Crippen LogP contribution in [0.25, 0.3) is 0 Å². The first-order valence-electron chi connectivity index (χ1n) is 14.2. The highest BCUT2D eigenvalue weighted by atomic mass is 16.5. The molecular formula is C31H50O3. The summed E-state index contributed by atoms with van der Waals surface area (Å²) in [6, 6.07) is 0. The van der Waals surface area contributed by atoms with Crippen LogP contribution in [0.1, 0.15) is 113 Å². The van der Waals surface area contributed by atoms with Gasteiger partial charge >= 0.3 is 5.97 Å². The van der Waals surface area contributed by atoms with E-state index in [1.807, 2.05) is 0 Å². The van der Waals surface area contributed by atoms with Gasteiger partial charge in [-0.15, -0.1) is 0 Å². The maximum absolute atomic E-state index is 13.3. The molecule has 192 valence electrons. The van der Waals surface area contributed by atoms with E-state index in [0.29, 0.717) is 17.8 Å². The van der Waals surface area contributed by atoms with Crippen molar-refractivity contribution in [2.75, 3.05) is 7.11 Å². The molecule has 0 aromatic carbocycles. The van der Waals surface area contributed by atoms with Crippen molar-refractivity contribution in [3.63, 3.8) is 0 Å². The third kappa shape index (κ3) is 2.94. The Balaban J connectivity index is 1.60. The molecule has 0 aromatic rings. The Hall–Kier alpha value is -0.830. The highest BCUT2D eigenvalue weighted by Gasteiger charge is 2.69. The van der Waals surface area contributed by atoms with Gasteiger partial charge in [-0.3, -0.25) is 4.79 Å². The topological polar surface area (TPSA) is 46.5 Å². The predicted octanol–water partition coefficient (Wildman–Crippen LogP) is 7.32. The quantitative estimate of drug-likeness (QED) is 0.322. The molecular weight excluding hydrogens is 420 g/mol. The van der Waals surface area contributed by atoms with Crippen LogP contribution < -0.4 is 0 Å². The molecule has 34 heavy (non-hydrogen) atoms. The number of allylic oxidation sites excluding steroid dienone is 2. The summed E-state index contributed by atoms with van der Waals surface area (Å²) in [5, 5.41) is 10.9. The van der Waals surface area contributed by atoms with Gasteiger partial charge in [0.25, 0.3) is 0 Å². The zero-order chi connectivity index (χ0) is 24.9. The van der Waals surface area contributed by atoms with Crippen molar-refractivity contribution in [1.29, 1.82) is 0 Å². The first-order valence-corrected chi connectivity index (χ1v) is 14.2. The van der Waals surface area contributed by atoms with Gasteiger partial charge in [0.1, 0.15) is 0 Å². The lowest BCUT2D eigenvalue weighted by molar-refractivity contribution is -0.206. The molecule has 0 aliphatic heterocycles. The van der Waals surface area contributed by atoms with Gasteiger partial charge in [-0.25, -0.2) is 0 Å². The number of hydrogen-bond donors (Lipinski definition) is 1. The number of esters is 1. The standard InChI is InChI=1S/C31H50O3/c1-26(2)15-17-31(25(33)34-8)18-16-29(6)20(21(31)19-26)9-10-23-28(5)13-12-24(32)27(3,4)22(28)11-14-30(23,29)7/h9,21-24,32H,10-19H2,1-8H3/t21-,22+,23-,24+,28+,29-,30-,31+/m0/s1. The van der Waals surface area contributed by atoms with Crippen LogP contribution in [0.5, 0.6) is 0 Å². The maximum Gasteiger partial charge on any atom is 0.312 e. The fraction of sp³-hybridized carbons (Fsp3) is 0.903. The number of rotatable bonds is 1. The molecule has 4 fully saturated rings. The van der Waals surface area contributed by atoms with E-state index in [1.54, 1.807) is 12.7 Å². The van der Waals surface area contributed by atoms with E-state index in [4.69, 9.17) is 4.74 Å². The monoisotopic (exact) mass is 470 g/mol. The summed E-state index contributed by atoms with van der Waals surface area (Å²) in [5.74, 6) is 1.57. The van der Waals surface area contributed by atoms with Gasteiger partial charge in [0.2, 0.25) is 0 Å². The molecule has 0 amide bonds. The number of methoxy groups -OCH3 is 1. The number of aliphatic hydroxyl groups excluding tert-OH is 1. The van der Waals surface area contributed by atoms with Crippen LogP contribution in [0.4, 0.5) is 0 Å². The molecule has 0 spiro atoms. The minimum atomic E-state index is -0.323. The van der Waals surface area contributed by atoms with E-state index >= 15 is 0 Å². The van der Waals surface area contributed by atoms with E-state index < -0.39 is 0 Å². The molecule has 0 heterocycles. The van der Waals surface area contributed by atoms with Crippen LogP contribution in [-0.4, -0.2) is 24.3 Å². The van der Waals surface area contributed by atoms with Gasteiger partial charge in [-0.2, -0.15) is 0 Å². The Morgan fingerprint density at radius 3 is 2.26 bits per heavy atom. The molecule has 4 saturated carbocycles. The second-order valence-corrected chi connectivity index (χ2v) is 15.2. The first kappa shape index (κ1) is 24.8. The van der Waals surface area contributed by atoms with E-state index in [0.717, 1.165) is 51.4 Å². The number of carbonyl (C=O) groups excluding carboxylic acids is 1. The van der Waals surface area contributed by atoms with Crippen LogP contribution in [0.15, 0.2) is 11.6 Å². The Morgan fingerprint density at radius 1 is 0.912 bits per heavy atom. The van der Waals surface area contributed by atoms with Crippen molar-refractivity contribution >= 4 is 5.97 Å². The SMILES string of the molecule is COC(=O)[C@@]12CCC(C)(C)C[C@H]1C1=CC[C@H]3[C@]4(C)CC[C@@H](O)C(C)(C)[C@H]4CC[C@]3(C)[C@@]1(C)CC2. The summed E-state index contributed by atoms with van der Waals surface area (Å²) < 4.78 is 5.49. The normalized spacial score (nSPS) is 51.1. The number of ether oxygens (including phenoxy) is 1. The zero-order valence-corrected chi connectivity index (χ0v) is 23.2. The highest BCUT2D eigenvalue weighted by Crippen LogP contribution is 2.75. The zero-order valence-electron chi connectivity index (χ0n) is 23.2. The van der Waals surface area contributed by atoms with E-state index in [9.17, 15) is 9.90 Å². The Bertz CT molecular complexity index is 900. The van der Waals surface area contributed by atoms with Crippen molar-refractivity contribution in [3.05, 3.63) is 11.6 Å². The molecule has 5 rings (SSSR count). The first-order chi connectivity index (χ1) is 15.7. The third-order valence-electron chi connectivity index (χ3n) is 13.2. The summed E-state index contributed by atoms with van der Waals surface area (Å²) in [4.78, 5) is 13.3. The molecule has 5 aliphatic rings. The molecule has 0 saturated heterocycles. The van der Waals surface area contributed by atoms with Crippen LogP contribution in [0, 0.1) is 50.2 Å². The molecule has 0 bridgehead atoms. The molecule has 0 radical (unpaired) electrons. The summed E-state index contributed by atoms with van der Waals surface area (Å²) in [7, 11) is 1.59. The molecule has 5 aliphatic carbocycles. The summed E-state index contributed by atoms with van der Waals surface area (Å²) in [6.45, 7) is 17.2. The van der Waals surface area contributed by atoms with Crippen molar-refractivity contribution in [3.8, 4) is 0 Å². The van der Waals surface area contributed by atoms with Crippen molar-refractivity contribution < 1.29 is 14.6 Å². The lowest BCUT2D eigenvalue weighted by atomic mass is 9.33. The van der Waals surface area contributed by atoms with Gasteiger partial charge in [0, 0.05) is 0 Å². The average molecular weight is 471 g/mol. The van der Waals surface area contributed by atoms with Crippen LogP contribution in [-0.2, 0) is 9.53 Å². The fourth-order valence-electron chi connectivity index (χ4n) is 10.8. The smallest absolute Gasteiger partial charge is 0.312 e. The molecule has 3 heteroatoms. The van der Waals surface area contributed by atoms with E-state index in [-0.39, 0.29) is 44.6 Å². The van der Waals surface area contributed by atoms with Crippen molar-refractivity contribution in [2.45, 2.75) is 119 Å². The van der Waals surface area contributed by atoms with Gasteiger partial charge in [0.15, 0.2) is 0 Å². The minimum absolute atomic E-state index is 0.0147. The minimum Gasteiger partial charge on any atom is -0.469 e. The van der Waals surface area contributed by atoms with Crippen molar-refractivity contribution in [2.24, 2.45) is 50.2 Å². The van der Waals surface area contributed by atoms with Gasteiger partial charge < -0.3 is 9.84 Å². The second kappa shape index (κ2) is 7.36. The number of aliphatic hydroxyl groups is 1. The second-order valence-electron chi connectivity index (χ2n) is 15.2. The summed E-state index contributed by atoms with van der Waals surface area (Å²) >= 11 is 0. The highest BCUT2D eigenvalue weighted by molar-refractivity contribution is 5.78. The van der Waals surface area contributed by atoms with Crippen LogP contribution in [0.2, 0.25) is 0 Å². The molecule has 8 atom stereocenters. The lowest BCUT2D eigenvalue weighted by Gasteiger charge is -2.71. The lowest BCUT2D eigenvalue weighted by Crippen LogP contribution is -2.65. The van der Waals surface area contributed by atoms with Gasteiger partial charge in [0.05, 0.1) is 18.6 Å². The average Bonchev–Trinajstić information content (AvgIpc) is 2.76. The van der Waals surface area contributed by atoms with Gasteiger partial charge in [-0.1, -0.05) is 60.1 Å².